The van der Waals surface area contributed by atoms with Gasteiger partial charge in [-0.1, -0.05) is 5.21 Å². The van der Waals surface area contributed by atoms with Crippen molar-refractivity contribution in [1.29, 1.82) is 0 Å². The maximum Gasteiger partial charge on any atom is 0.433 e. The third-order valence-corrected chi connectivity index (χ3v) is 2.66. The summed E-state index contributed by atoms with van der Waals surface area (Å²) in [4.78, 5) is 3.50. The summed E-state index contributed by atoms with van der Waals surface area (Å²) in [5.74, 6) is -0.256. The number of nitrogens with zero attached hydrogens (tertiary/aromatic N) is 4. The molecule has 0 spiro atoms. The standard InChI is InChI=1S/C12H14F3N5O2/c1-21-5-2-6-22-11-10(20-4-3-17-19-20)8(16)7-9(18-11)12(13,14)15/h3-4,7H,2,5-6H2,1H3,(H2,16,18). The number of nitrogen functional groups attached to an aromatic ring is 1. The van der Waals surface area contributed by atoms with Crippen molar-refractivity contribution in [3.8, 4) is 11.6 Å². The Morgan fingerprint density at radius 3 is 2.68 bits per heavy atom. The van der Waals surface area contributed by atoms with Crippen LogP contribution in [0.25, 0.3) is 5.69 Å². The van der Waals surface area contributed by atoms with Crippen molar-refractivity contribution in [2.75, 3.05) is 26.1 Å². The summed E-state index contributed by atoms with van der Waals surface area (Å²) in [6.07, 6.45) is -1.33. The molecule has 0 bridgehead atoms. The van der Waals surface area contributed by atoms with E-state index in [0.717, 1.165) is 6.07 Å². The zero-order valence-corrected chi connectivity index (χ0v) is 11.7. The Morgan fingerprint density at radius 2 is 2.09 bits per heavy atom. The fraction of sp³-hybridized carbons (Fsp3) is 0.417. The topological polar surface area (TPSA) is 88.1 Å². The molecule has 2 aromatic rings. The summed E-state index contributed by atoms with van der Waals surface area (Å²) in [6.45, 7) is 0.538. The van der Waals surface area contributed by atoms with Crippen molar-refractivity contribution in [1.82, 2.24) is 20.0 Å². The van der Waals surface area contributed by atoms with E-state index in [2.05, 4.69) is 15.3 Å². The maximum atomic E-state index is 12.8. The molecule has 0 radical (unpaired) electrons. The largest absolute Gasteiger partial charge is 0.476 e. The fourth-order valence-corrected chi connectivity index (χ4v) is 1.71. The van der Waals surface area contributed by atoms with Crippen LogP contribution in [0.5, 0.6) is 5.88 Å². The predicted molar refractivity (Wildman–Crippen MR) is 70.6 cm³/mol. The van der Waals surface area contributed by atoms with Gasteiger partial charge in [-0.2, -0.15) is 13.2 Å². The zero-order valence-electron chi connectivity index (χ0n) is 11.7. The van der Waals surface area contributed by atoms with Gasteiger partial charge in [-0.15, -0.1) is 5.10 Å². The summed E-state index contributed by atoms with van der Waals surface area (Å²) in [6, 6.07) is 0.735. The summed E-state index contributed by atoms with van der Waals surface area (Å²) < 4.78 is 49.9. The van der Waals surface area contributed by atoms with E-state index in [1.54, 1.807) is 0 Å². The Labute approximate surface area is 123 Å². The Kier molecular flexibility index (Phi) is 4.81. The second-order valence-electron chi connectivity index (χ2n) is 4.29. The SMILES string of the molecule is COCCCOc1nc(C(F)(F)F)cc(N)c1-n1ccnn1. The van der Waals surface area contributed by atoms with Crippen molar-refractivity contribution in [2.45, 2.75) is 12.6 Å². The summed E-state index contributed by atoms with van der Waals surface area (Å²) in [7, 11) is 1.52. The lowest BCUT2D eigenvalue weighted by Gasteiger charge is -2.15. The third-order valence-electron chi connectivity index (χ3n) is 2.66. The number of pyridine rings is 1. The lowest BCUT2D eigenvalue weighted by atomic mass is 10.2. The van der Waals surface area contributed by atoms with Crippen molar-refractivity contribution in [3.63, 3.8) is 0 Å². The molecule has 0 aliphatic carbocycles. The zero-order chi connectivity index (χ0) is 16.2. The molecule has 0 saturated carbocycles. The maximum absolute atomic E-state index is 12.8. The van der Waals surface area contributed by atoms with Crippen LogP contribution in [-0.2, 0) is 10.9 Å². The van der Waals surface area contributed by atoms with Crippen LogP contribution in [0.4, 0.5) is 18.9 Å². The molecule has 0 aliphatic heterocycles. The van der Waals surface area contributed by atoms with E-state index in [4.69, 9.17) is 15.2 Å². The number of hydrogen-bond donors (Lipinski definition) is 1. The molecule has 2 rings (SSSR count). The molecule has 2 aromatic heterocycles. The van der Waals surface area contributed by atoms with Gasteiger partial charge < -0.3 is 15.2 Å². The molecule has 10 heteroatoms. The van der Waals surface area contributed by atoms with Crippen LogP contribution in [0.1, 0.15) is 12.1 Å². The number of rotatable bonds is 6. The molecule has 0 amide bonds. The number of hydrogen-bond acceptors (Lipinski definition) is 6. The molecular weight excluding hydrogens is 303 g/mol. The van der Waals surface area contributed by atoms with E-state index >= 15 is 0 Å². The second-order valence-corrected chi connectivity index (χ2v) is 4.29. The summed E-state index contributed by atoms with van der Waals surface area (Å²) in [5.41, 5.74) is 4.53. The molecule has 0 aliphatic rings. The van der Waals surface area contributed by atoms with Gasteiger partial charge in [-0.05, 0) is 6.07 Å². The van der Waals surface area contributed by atoms with Gasteiger partial charge in [0.05, 0.1) is 24.7 Å². The molecule has 2 heterocycles. The average molecular weight is 317 g/mol. The smallest absolute Gasteiger partial charge is 0.433 e. The highest BCUT2D eigenvalue weighted by Crippen LogP contribution is 2.34. The molecule has 0 saturated heterocycles. The Hall–Kier alpha value is -2.36. The minimum Gasteiger partial charge on any atom is -0.476 e. The quantitative estimate of drug-likeness (QED) is 0.816. The van der Waals surface area contributed by atoms with Gasteiger partial charge in [-0.25, -0.2) is 9.67 Å². The monoisotopic (exact) mass is 317 g/mol. The number of nitrogens with two attached hydrogens (primary N) is 1. The van der Waals surface area contributed by atoms with Crippen molar-refractivity contribution in [2.24, 2.45) is 0 Å². The minimum absolute atomic E-state index is 0.114. The van der Waals surface area contributed by atoms with Crippen LogP contribution in [0.15, 0.2) is 18.5 Å². The first kappa shape index (κ1) is 16.0. The predicted octanol–water partition coefficient (Wildman–Crippen LogP) is 1.68. The van der Waals surface area contributed by atoms with E-state index in [1.807, 2.05) is 0 Å². The van der Waals surface area contributed by atoms with Crippen molar-refractivity contribution < 1.29 is 22.6 Å². The molecular formula is C12H14F3N5O2. The lowest BCUT2D eigenvalue weighted by Crippen LogP contribution is -2.14. The summed E-state index contributed by atoms with van der Waals surface area (Å²) >= 11 is 0. The number of halogens is 3. The number of ether oxygens (including phenoxy) is 2. The van der Waals surface area contributed by atoms with E-state index in [-0.39, 0.29) is 23.9 Å². The fourth-order valence-electron chi connectivity index (χ4n) is 1.71. The first-order valence-electron chi connectivity index (χ1n) is 6.29. The van der Waals surface area contributed by atoms with Crippen molar-refractivity contribution >= 4 is 5.69 Å². The Balaban J connectivity index is 2.38. The second kappa shape index (κ2) is 6.60. The molecule has 22 heavy (non-hydrogen) atoms. The van der Waals surface area contributed by atoms with E-state index in [1.165, 1.54) is 24.2 Å². The Bertz CT molecular complexity index is 616. The van der Waals surface area contributed by atoms with E-state index in [9.17, 15) is 13.2 Å². The van der Waals surface area contributed by atoms with E-state index in [0.29, 0.717) is 13.0 Å². The van der Waals surface area contributed by atoms with Crippen LogP contribution in [0.2, 0.25) is 0 Å². The average Bonchev–Trinajstić information content (AvgIpc) is 2.96. The highest BCUT2D eigenvalue weighted by Gasteiger charge is 2.34. The van der Waals surface area contributed by atoms with Crippen molar-refractivity contribution in [3.05, 3.63) is 24.2 Å². The number of alkyl halides is 3. The number of aromatic nitrogens is 4. The first-order chi connectivity index (χ1) is 10.4. The van der Waals surface area contributed by atoms with Crippen LogP contribution in [0.3, 0.4) is 0 Å². The van der Waals surface area contributed by atoms with Crippen LogP contribution in [-0.4, -0.2) is 40.3 Å². The van der Waals surface area contributed by atoms with Crippen LogP contribution in [0, 0.1) is 0 Å². The number of anilines is 1. The lowest BCUT2D eigenvalue weighted by molar-refractivity contribution is -0.141. The van der Waals surface area contributed by atoms with Gasteiger partial charge >= 0.3 is 6.18 Å². The molecule has 2 N–H and O–H groups in total. The molecule has 120 valence electrons. The van der Waals surface area contributed by atoms with Crippen LogP contribution >= 0.6 is 0 Å². The molecule has 0 aromatic carbocycles. The van der Waals surface area contributed by atoms with Gasteiger partial charge in [0.15, 0.2) is 11.4 Å². The highest BCUT2D eigenvalue weighted by molar-refractivity contribution is 5.63. The van der Waals surface area contributed by atoms with Crippen LogP contribution < -0.4 is 10.5 Å². The van der Waals surface area contributed by atoms with Gasteiger partial charge in [0.25, 0.3) is 0 Å². The molecule has 0 atom stereocenters. The number of methoxy groups -OCH3 is 1. The van der Waals surface area contributed by atoms with E-state index < -0.39 is 11.9 Å². The molecule has 7 nitrogen and oxygen atoms in total. The highest BCUT2D eigenvalue weighted by atomic mass is 19.4. The van der Waals surface area contributed by atoms with Gasteiger partial charge in [-0.3, -0.25) is 0 Å². The molecule has 0 unspecified atom stereocenters. The van der Waals surface area contributed by atoms with Gasteiger partial charge in [0.1, 0.15) is 0 Å². The Morgan fingerprint density at radius 1 is 1.32 bits per heavy atom. The summed E-state index contributed by atoms with van der Waals surface area (Å²) in [5, 5.41) is 7.30. The normalized spacial score (nSPS) is 11.6. The molecule has 0 fully saturated rings. The van der Waals surface area contributed by atoms with Gasteiger partial charge in [0.2, 0.25) is 5.88 Å². The third kappa shape index (κ3) is 3.64. The van der Waals surface area contributed by atoms with Gasteiger partial charge in [0, 0.05) is 20.1 Å². The first-order valence-corrected chi connectivity index (χ1v) is 6.29. The minimum atomic E-state index is -4.63.